The minimum atomic E-state index is -1.47. The Morgan fingerprint density at radius 2 is 1.74 bits per heavy atom. The van der Waals surface area contributed by atoms with Crippen molar-refractivity contribution in [3.63, 3.8) is 0 Å². The van der Waals surface area contributed by atoms with Crippen molar-refractivity contribution in [2.45, 2.75) is 42.2 Å². The van der Waals surface area contributed by atoms with Crippen LogP contribution in [0.3, 0.4) is 0 Å². The minimum absolute atomic E-state index is 0.0959. The maximum absolute atomic E-state index is 14.4. The Balaban J connectivity index is 1.38. The first kappa shape index (κ1) is 26.9. The second-order valence-electron chi connectivity index (χ2n) is 9.68. The van der Waals surface area contributed by atoms with Gasteiger partial charge in [0.25, 0.3) is 0 Å². The van der Waals surface area contributed by atoms with Crippen molar-refractivity contribution in [2.24, 2.45) is 0 Å². The fourth-order valence-corrected chi connectivity index (χ4v) is 8.73. The summed E-state index contributed by atoms with van der Waals surface area (Å²) in [5.74, 6) is -1.39. The van der Waals surface area contributed by atoms with Crippen molar-refractivity contribution >= 4 is 60.4 Å². The summed E-state index contributed by atoms with van der Waals surface area (Å²) in [4.78, 5) is 30.6. The molecule has 1 fully saturated rings. The zero-order valence-electron chi connectivity index (χ0n) is 20.4. The van der Waals surface area contributed by atoms with Gasteiger partial charge in [0, 0.05) is 0 Å². The van der Waals surface area contributed by atoms with Crippen LogP contribution in [0.1, 0.15) is 36.8 Å². The fourth-order valence-electron chi connectivity index (χ4n) is 5.31. The van der Waals surface area contributed by atoms with E-state index in [1.54, 1.807) is 36.4 Å². The van der Waals surface area contributed by atoms with E-state index in [0.29, 0.717) is 16.2 Å². The number of benzene rings is 3. The number of carboxylic acids is 1. The molecule has 0 saturated heterocycles. The number of fused-ring (bicyclic) bond motifs is 1. The molecule has 1 aliphatic carbocycles. The third kappa shape index (κ3) is 5.38. The summed E-state index contributed by atoms with van der Waals surface area (Å²) in [7, 11) is 0. The zero-order valence-corrected chi connectivity index (χ0v) is 24.0. The predicted molar refractivity (Wildman–Crippen MR) is 151 cm³/mol. The zero-order chi connectivity index (χ0) is 26.9. The molecular weight excluding hydrogens is 587 g/mol. The van der Waals surface area contributed by atoms with Gasteiger partial charge in [-0.2, -0.15) is 0 Å². The van der Waals surface area contributed by atoms with Crippen molar-refractivity contribution in [3.05, 3.63) is 99.8 Å². The van der Waals surface area contributed by atoms with E-state index in [4.69, 9.17) is 23.2 Å². The molecule has 2 atom stereocenters. The number of carbonyl (C=O) groups excluding carboxylic acids is 1. The number of aromatic nitrogens is 1. The molecule has 3 aromatic carbocycles. The third-order valence-electron chi connectivity index (χ3n) is 7.30. The maximum atomic E-state index is 14.4. The van der Waals surface area contributed by atoms with Crippen LogP contribution in [0.25, 0.3) is 22.2 Å². The summed E-state index contributed by atoms with van der Waals surface area (Å²) < 4.78 is 13.7. The van der Waals surface area contributed by atoms with Crippen LogP contribution in [0.2, 0.25) is 14.8 Å². The molecule has 0 spiro atoms. The van der Waals surface area contributed by atoms with Crippen LogP contribution >= 0.6 is 23.2 Å². The molecule has 0 radical (unpaired) electrons. The number of hydrogen-bond acceptors (Lipinski definition) is 3. The van der Waals surface area contributed by atoms with Gasteiger partial charge < -0.3 is 0 Å². The Bertz CT molecular complexity index is 1500. The van der Waals surface area contributed by atoms with Gasteiger partial charge in [0.05, 0.1) is 0 Å². The van der Waals surface area contributed by atoms with Gasteiger partial charge >= 0.3 is 238 Å². The van der Waals surface area contributed by atoms with E-state index < -0.39 is 37.7 Å². The van der Waals surface area contributed by atoms with Crippen LogP contribution in [0, 0.1) is 5.82 Å². The Morgan fingerprint density at radius 1 is 1.00 bits per heavy atom. The van der Waals surface area contributed by atoms with E-state index in [9.17, 15) is 19.1 Å². The standard InChI is InChI=1S/C30H25AsCl2FNO3/c32-21-10-8-20(9-11-21)30(14-1-2-15-30)29(38)31-22(28(36)37)17-18-6-12-25-19(16-18)7-13-26(35-25)27-23(33)4-3-5-24(27)34/h3-13,16,22,31H,1-2,14-15,17H2,(H,36,37). The fraction of sp³-hybridized carbons (Fsp3) is 0.233. The predicted octanol–water partition coefficient (Wildman–Crippen LogP) is 7.24. The molecule has 1 N–H and O–H groups in total. The van der Waals surface area contributed by atoms with Gasteiger partial charge in [0.15, 0.2) is 0 Å². The summed E-state index contributed by atoms with van der Waals surface area (Å²) in [6.45, 7) is 0. The van der Waals surface area contributed by atoms with Crippen LogP contribution < -0.4 is 0 Å². The molecule has 4 nitrogen and oxygen atoms in total. The Morgan fingerprint density at radius 3 is 2.42 bits per heavy atom. The number of hydrogen-bond donors (Lipinski definition) is 1. The summed E-state index contributed by atoms with van der Waals surface area (Å²) in [6, 6.07) is 21.0. The SMILES string of the molecule is O=C(O)C(Cc1ccc2nc(-c3c(F)cccc3Cl)ccc2c1)[AsH]C(=O)C1(c2ccc(Cl)cc2)CCCC1. The normalized spacial score (nSPS) is 15.8. The van der Waals surface area contributed by atoms with Gasteiger partial charge in [-0.25, -0.2) is 0 Å². The first-order valence-corrected chi connectivity index (χ1v) is 15.4. The Labute approximate surface area is 236 Å². The summed E-state index contributed by atoms with van der Waals surface area (Å²) >= 11 is 10.8. The van der Waals surface area contributed by atoms with E-state index in [-0.39, 0.29) is 21.6 Å². The third-order valence-corrected chi connectivity index (χ3v) is 11.1. The van der Waals surface area contributed by atoms with Crippen LogP contribution in [0.4, 0.5) is 4.39 Å². The molecular formula is C30H25AsCl2FNO3. The molecule has 1 saturated carbocycles. The molecule has 1 heterocycles. The molecule has 1 aliphatic rings. The van der Waals surface area contributed by atoms with Crippen molar-refractivity contribution in [2.75, 3.05) is 0 Å². The van der Waals surface area contributed by atoms with Crippen LogP contribution in [-0.2, 0) is 21.4 Å². The average molecular weight is 612 g/mol. The summed E-state index contributed by atoms with van der Waals surface area (Å²) in [6.07, 6.45) is 3.68. The molecule has 0 amide bonds. The second-order valence-corrected chi connectivity index (χ2v) is 13.5. The number of rotatable bonds is 8. The van der Waals surface area contributed by atoms with Gasteiger partial charge in [-0.05, 0) is 0 Å². The van der Waals surface area contributed by atoms with Crippen LogP contribution in [0.5, 0.6) is 0 Å². The quantitative estimate of drug-likeness (QED) is 0.213. The van der Waals surface area contributed by atoms with Crippen molar-refractivity contribution in [3.8, 4) is 11.3 Å². The average Bonchev–Trinajstić information content (AvgIpc) is 3.40. The van der Waals surface area contributed by atoms with E-state index in [1.807, 2.05) is 30.3 Å². The van der Waals surface area contributed by atoms with Gasteiger partial charge in [-0.3, -0.25) is 0 Å². The first-order chi connectivity index (χ1) is 18.3. The van der Waals surface area contributed by atoms with Gasteiger partial charge in [0.2, 0.25) is 0 Å². The van der Waals surface area contributed by atoms with Crippen molar-refractivity contribution in [1.29, 1.82) is 0 Å². The number of carboxylic acid groups (broad SMARTS) is 1. The molecule has 5 rings (SSSR count). The van der Waals surface area contributed by atoms with Crippen molar-refractivity contribution < 1.29 is 19.1 Å². The second kappa shape index (κ2) is 11.2. The van der Waals surface area contributed by atoms with E-state index in [0.717, 1.165) is 42.2 Å². The van der Waals surface area contributed by atoms with E-state index in [1.165, 1.54) is 6.07 Å². The molecule has 0 bridgehead atoms. The summed E-state index contributed by atoms with van der Waals surface area (Å²) in [5, 5.41) is 11.8. The number of nitrogens with zero attached hydrogens (tertiary/aromatic N) is 1. The van der Waals surface area contributed by atoms with Gasteiger partial charge in [-0.15, -0.1) is 0 Å². The van der Waals surface area contributed by atoms with Crippen LogP contribution in [-0.4, -0.2) is 36.4 Å². The molecule has 194 valence electrons. The Hall–Kier alpha value is -2.72. The van der Waals surface area contributed by atoms with Gasteiger partial charge in [0.1, 0.15) is 0 Å². The molecule has 38 heavy (non-hydrogen) atoms. The number of halogens is 3. The van der Waals surface area contributed by atoms with E-state index in [2.05, 4.69) is 4.98 Å². The summed E-state index contributed by atoms with van der Waals surface area (Å²) in [5.41, 5.74) is 2.49. The van der Waals surface area contributed by atoms with Crippen molar-refractivity contribution in [1.82, 2.24) is 4.98 Å². The molecule has 2 unspecified atom stereocenters. The molecule has 8 heteroatoms. The molecule has 4 aromatic rings. The number of carbonyl (C=O) groups is 2. The Kier molecular flexibility index (Phi) is 7.90. The number of pyridine rings is 1. The van der Waals surface area contributed by atoms with E-state index >= 15 is 0 Å². The topological polar surface area (TPSA) is 67.3 Å². The first-order valence-electron chi connectivity index (χ1n) is 12.4. The molecule has 1 aromatic heterocycles. The molecule has 0 aliphatic heterocycles. The number of aliphatic carboxylic acids is 1. The van der Waals surface area contributed by atoms with Crippen LogP contribution in [0.15, 0.2) is 72.8 Å². The van der Waals surface area contributed by atoms with Gasteiger partial charge in [-0.1, -0.05) is 0 Å². The monoisotopic (exact) mass is 611 g/mol.